The summed E-state index contributed by atoms with van der Waals surface area (Å²) in [5.74, 6) is -5.64. The molecule has 0 spiro atoms. The lowest BCUT2D eigenvalue weighted by Gasteiger charge is -2.05. The van der Waals surface area contributed by atoms with Crippen molar-refractivity contribution >= 4 is 11.6 Å². The first-order chi connectivity index (χ1) is 9.04. The third-order valence-electron chi connectivity index (χ3n) is 2.43. The molecule has 1 aromatic carbocycles. The Bertz CT molecular complexity index is 574. The van der Waals surface area contributed by atoms with E-state index in [0.717, 1.165) is 0 Å². The fraction of sp³-hybridized carbons (Fsp3) is 0.273. The summed E-state index contributed by atoms with van der Waals surface area (Å²) in [7, 11) is 0. The lowest BCUT2D eigenvalue weighted by molar-refractivity contribution is 0.443. The second-order valence-corrected chi connectivity index (χ2v) is 4.14. The van der Waals surface area contributed by atoms with E-state index >= 15 is 0 Å². The van der Waals surface area contributed by atoms with Gasteiger partial charge in [-0.25, -0.2) is 22.2 Å². The van der Waals surface area contributed by atoms with Gasteiger partial charge in [-0.2, -0.15) is 0 Å². The van der Waals surface area contributed by atoms with E-state index < -0.39 is 29.0 Å². The molecule has 0 aliphatic rings. The molecule has 0 N–H and O–H groups in total. The average molecular weight is 294 g/mol. The summed E-state index contributed by atoms with van der Waals surface area (Å²) in [5.41, 5.74) is -0.508. The molecule has 19 heavy (non-hydrogen) atoms. The van der Waals surface area contributed by atoms with Crippen LogP contribution in [0.15, 0.2) is 12.3 Å². The van der Waals surface area contributed by atoms with Crippen LogP contribution in [0.4, 0.5) is 17.6 Å². The maximum atomic E-state index is 13.5. The summed E-state index contributed by atoms with van der Waals surface area (Å²) in [6, 6.07) is 0.138. The van der Waals surface area contributed by atoms with Gasteiger partial charge in [-0.15, -0.1) is 16.7 Å². The van der Waals surface area contributed by atoms with Crippen LogP contribution >= 0.6 is 11.6 Å². The molecule has 0 atom stereocenters. The largest absolute Gasteiger partial charge is 0.214 e. The Morgan fingerprint density at radius 3 is 2.32 bits per heavy atom. The maximum Gasteiger partial charge on any atom is 0.187 e. The van der Waals surface area contributed by atoms with Crippen LogP contribution in [-0.2, 0) is 6.42 Å². The zero-order valence-electron chi connectivity index (χ0n) is 9.51. The van der Waals surface area contributed by atoms with Crippen LogP contribution in [-0.4, -0.2) is 20.9 Å². The van der Waals surface area contributed by atoms with Gasteiger partial charge >= 0.3 is 0 Å². The van der Waals surface area contributed by atoms with Gasteiger partial charge < -0.3 is 0 Å². The van der Waals surface area contributed by atoms with Crippen molar-refractivity contribution in [3.63, 3.8) is 0 Å². The summed E-state index contributed by atoms with van der Waals surface area (Å²) >= 11 is 5.49. The van der Waals surface area contributed by atoms with Gasteiger partial charge in [0, 0.05) is 11.9 Å². The van der Waals surface area contributed by atoms with Gasteiger partial charge in [0.25, 0.3) is 0 Å². The standard InChI is InChI=1S/C11H8ClF4N3/c12-3-1-2-6-5-19(18-17-6)11-9(15)7(13)4-8(14)10(11)16/h4-5H,1-3H2. The van der Waals surface area contributed by atoms with Gasteiger partial charge in [-0.05, 0) is 12.8 Å². The number of halogens is 5. The Balaban J connectivity index is 2.44. The monoisotopic (exact) mass is 293 g/mol. The van der Waals surface area contributed by atoms with E-state index in [0.29, 0.717) is 29.1 Å². The molecule has 8 heteroatoms. The Kier molecular flexibility index (Phi) is 4.04. The normalized spacial score (nSPS) is 11.0. The molecule has 1 aromatic heterocycles. The van der Waals surface area contributed by atoms with Gasteiger partial charge in [-0.3, -0.25) is 0 Å². The molecular formula is C11H8ClF4N3. The first-order valence-corrected chi connectivity index (χ1v) is 5.88. The summed E-state index contributed by atoms with van der Waals surface area (Å²) in [6.45, 7) is 0. The number of hydrogen-bond acceptors (Lipinski definition) is 2. The summed E-state index contributed by atoms with van der Waals surface area (Å²) in [5, 5.41) is 7.10. The van der Waals surface area contributed by atoms with Crippen molar-refractivity contribution in [1.29, 1.82) is 0 Å². The minimum Gasteiger partial charge on any atom is -0.214 e. The molecule has 3 nitrogen and oxygen atoms in total. The highest BCUT2D eigenvalue weighted by Crippen LogP contribution is 2.22. The van der Waals surface area contributed by atoms with E-state index in [1.807, 2.05) is 0 Å². The van der Waals surface area contributed by atoms with E-state index in [1.54, 1.807) is 0 Å². The minimum atomic E-state index is -1.52. The Labute approximate surface area is 110 Å². The van der Waals surface area contributed by atoms with E-state index in [1.165, 1.54) is 6.20 Å². The molecule has 0 bridgehead atoms. The molecular weight excluding hydrogens is 286 g/mol. The maximum absolute atomic E-state index is 13.5. The molecule has 0 fully saturated rings. The number of hydrogen-bond donors (Lipinski definition) is 0. The number of nitrogens with zero attached hydrogens (tertiary/aromatic N) is 3. The summed E-state index contributed by atoms with van der Waals surface area (Å²) in [4.78, 5) is 0. The van der Waals surface area contributed by atoms with E-state index in [-0.39, 0.29) is 6.07 Å². The highest BCUT2D eigenvalue weighted by atomic mass is 35.5. The molecule has 0 aliphatic carbocycles. The third-order valence-corrected chi connectivity index (χ3v) is 2.69. The quantitative estimate of drug-likeness (QED) is 0.493. The molecule has 102 valence electrons. The van der Waals surface area contributed by atoms with Crippen LogP contribution in [0.3, 0.4) is 0 Å². The van der Waals surface area contributed by atoms with E-state index in [4.69, 9.17) is 11.6 Å². The number of aromatic nitrogens is 3. The van der Waals surface area contributed by atoms with Crippen molar-refractivity contribution in [2.75, 3.05) is 5.88 Å². The van der Waals surface area contributed by atoms with Gasteiger partial charge in [0.2, 0.25) is 0 Å². The number of alkyl halides is 1. The van der Waals surface area contributed by atoms with Gasteiger partial charge in [-0.1, -0.05) is 5.21 Å². The van der Waals surface area contributed by atoms with Crippen LogP contribution in [0, 0.1) is 23.3 Å². The highest BCUT2D eigenvalue weighted by molar-refractivity contribution is 6.17. The first kappa shape index (κ1) is 13.8. The van der Waals surface area contributed by atoms with Crippen molar-refractivity contribution in [1.82, 2.24) is 15.0 Å². The van der Waals surface area contributed by atoms with Crippen molar-refractivity contribution < 1.29 is 17.6 Å². The van der Waals surface area contributed by atoms with Crippen molar-refractivity contribution in [3.8, 4) is 5.69 Å². The molecule has 0 saturated heterocycles. The van der Waals surface area contributed by atoms with Crippen LogP contribution < -0.4 is 0 Å². The predicted molar refractivity (Wildman–Crippen MR) is 60.2 cm³/mol. The molecule has 0 amide bonds. The first-order valence-electron chi connectivity index (χ1n) is 5.35. The van der Waals surface area contributed by atoms with Crippen LogP contribution in [0.25, 0.3) is 5.69 Å². The Morgan fingerprint density at radius 1 is 1.11 bits per heavy atom. The molecule has 0 aliphatic heterocycles. The molecule has 1 heterocycles. The van der Waals surface area contributed by atoms with Crippen LogP contribution in [0.1, 0.15) is 12.1 Å². The predicted octanol–water partition coefficient (Wildman–Crippen LogP) is 3.00. The van der Waals surface area contributed by atoms with Crippen molar-refractivity contribution in [2.24, 2.45) is 0 Å². The topological polar surface area (TPSA) is 30.7 Å². The lowest BCUT2D eigenvalue weighted by Crippen LogP contribution is -2.07. The molecule has 0 unspecified atom stereocenters. The summed E-state index contributed by atoms with van der Waals surface area (Å²) in [6.07, 6.45) is 2.25. The highest BCUT2D eigenvalue weighted by Gasteiger charge is 2.21. The Morgan fingerprint density at radius 2 is 1.74 bits per heavy atom. The number of rotatable bonds is 4. The van der Waals surface area contributed by atoms with E-state index in [2.05, 4.69) is 10.3 Å². The second kappa shape index (κ2) is 5.56. The smallest absolute Gasteiger partial charge is 0.187 e. The zero-order chi connectivity index (χ0) is 14.0. The van der Waals surface area contributed by atoms with Gasteiger partial charge in [0.15, 0.2) is 23.3 Å². The third kappa shape index (κ3) is 2.70. The fourth-order valence-electron chi connectivity index (χ4n) is 1.53. The molecule has 2 rings (SSSR count). The van der Waals surface area contributed by atoms with Crippen LogP contribution in [0.2, 0.25) is 0 Å². The second-order valence-electron chi connectivity index (χ2n) is 3.76. The Hall–Kier alpha value is -1.63. The van der Waals surface area contributed by atoms with E-state index in [9.17, 15) is 17.6 Å². The minimum absolute atomic E-state index is 0.138. The zero-order valence-corrected chi connectivity index (χ0v) is 10.3. The lowest BCUT2D eigenvalue weighted by atomic mass is 10.2. The van der Waals surface area contributed by atoms with Crippen LogP contribution in [0.5, 0.6) is 0 Å². The molecule has 0 radical (unpaired) electrons. The average Bonchev–Trinajstić information content (AvgIpc) is 2.83. The van der Waals surface area contributed by atoms with Crippen molar-refractivity contribution in [3.05, 3.63) is 41.2 Å². The molecule has 2 aromatic rings. The number of aryl methyl sites for hydroxylation is 1. The summed E-state index contributed by atoms with van der Waals surface area (Å²) < 4.78 is 53.8. The van der Waals surface area contributed by atoms with Crippen molar-refractivity contribution in [2.45, 2.75) is 12.8 Å². The number of benzene rings is 1. The van der Waals surface area contributed by atoms with Gasteiger partial charge in [0.1, 0.15) is 5.69 Å². The fourth-order valence-corrected chi connectivity index (χ4v) is 1.67. The molecule has 0 saturated carbocycles. The SMILES string of the molecule is Fc1cc(F)c(F)c(-n2cc(CCCCl)nn2)c1F. The van der Waals surface area contributed by atoms with Gasteiger partial charge in [0.05, 0.1) is 11.9 Å².